The summed E-state index contributed by atoms with van der Waals surface area (Å²) in [6.07, 6.45) is 3.65. The summed E-state index contributed by atoms with van der Waals surface area (Å²) in [5.41, 5.74) is 0.777. The minimum absolute atomic E-state index is 0.0279. The van der Waals surface area contributed by atoms with E-state index < -0.39 is 4.92 Å². The number of rotatable bonds is 4. The summed E-state index contributed by atoms with van der Waals surface area (Å²) < 4.78 is 0. The maximum Gasteiger partial charge on any atom is 0.293 e. The fourth-order valence-corrected chi connectivity index (χ4v) is 3.33. The van der Waals surface area contributed by atoms with E-state index in [-0.39, 0.29) is 5.69 Å². The molecule has 0 aliphatic carbocycles. The Balaban J connectivity index is 2.06. The molecule has 1 aliphatic heterocycles. The lowest BCUT2D eigenvalue weighted by Crippen LogP contribution is -2.20. The van der Waals surface area contributed by atoms with Crippen molar-refractivity contribution in [3.05, 3.63) is 33.9 Å². The minimum atomic E-state index is -0.447. The van der Waals surface area contributed by atoms with Crippen molar-refractivity contribution in [1.82, 2.24) is 0 Å². The van der Waals surface area contributed by atoms with Crippen LogP contribution in [-0.2, 0) is 0 Å². The van der Waals surface area contributed by atoms with Crippen LogP contribution in [0, 0.1) is 21.4 Å². The molecule has 1 heterocycles. The van der Waals surface area contributed by atoms with Crippen LogP contribution in [0.1, 0.15) is 24.8 Å². The maximum atomic E-state index is 11.0. The number of nitro groups is 1. The predicted octanol–water partition coefficient (Wildman–Crippen LogP) is 3.16. The highest BCUT2D eigenvalue weighted by Gasteiger charge is 2.18. The number of hydrogen-bond acceptors (Lipinski definition) is 5. The van der Waals surface area contributed by atoms with Gasteiger partial charge in [-0.2, -0.15) is 17.0 Å². The van der Waals surface area contributed by atoms with Gasteiger partial charge in [0.25, 0.3) is 5.69 Å². The van der Waals surface area contributed by atoms with Crippen molar-refractivity contribution in [3.63, 3.8) is 0 Å². The number of nitrogens with one attached hydrogen (secondary N) is 1. The van der Waals surface area contributed by atoms with Gasteiger partial charge in [-0.3, -0.25) is 10.1 Å². The largest absolute Gasteiger partial charge is 0.378 e. The Hall–Kier alpha value is -1.74. The minimum Gasteiger partial charge on any atom is -0.378 e. The van der Waals surface area contributed by atoms with Gasteiger partial charge in [-0.25, -0.2) is 0 Å². The molecule has 1 fully saturated rings. The molecule has 0 radical (unpaired) electrons. The Bertz CT molecular complexity index is 507. The number of thioether (sulfide) groups is 1. The highest BCUT2D eigenvalue weighted by molar-refractivity contribution is 7.99. The molecule has 1 aliphatic rings. The Morgan fingerprint density at radius 1 is 1.53 bits per heavy atom. The third-order valence-electron chi connectivity index (χ3n) is 3.12. The molecule has 1 aromatic carbocycles. The average molecular weight is 277 g/mol. The Morgan fingerprint density at radius 3 is 3.00 bits per heavy atom. The van der Waals surface area contributed by atoms with Crippen LogP contribution in [0.25, 0.3) is 0 Å². The zero-order chi connectivity index (χ0) is 13.7. The highest BCUT2D eigenvalue weighted by Crippen LogP contribution is 2.28. The van der Waals surface area contributed by atoms with E-state index in [9.17, 15) is 10.1 Å². The molecule has 1 unspecified atom stereocenters. The summed E-state index contributed by atoms with van der Waals surface area (Å²) in [6, 6.07) is 6.45. The van der Waals surface area contributed by atoms with Gasteiger partial charge in [0.15, 0.2) is 0 Å². The average Bonchev–Trinajstić information content (AvgIpc) is 2.46. The van der Waals surface area contributed by atoms with Crippen LogP contribution in [0.5, 0.6) is 0 Å². The molecule has 6 heteroatoms. The monoisotopic (exact) mass is 277 g/mol. The molecule has 0 saturated carbocycles. The van der Waals surface area contributed by atoms with Crippen molar-refractivity contribution in [2.45, 2.75) is 24.5 Å². The van der Waals surface area contributed by atoms with Gasteiger partial charge in [-0.05, 0) is 30.7 Å². The van der Waals surface area contributed by atoms with Crippen LogP contribution < -0.4 is 5.32 Å². The molecule has 1 aromatic rings. The fraction of sp³-hybridized carbons (Fsp3) is 0.462. The van der Waals surface area contributed by atoms with Crippen LogP contribution >= 0.6 is 11.8 Å². The van der Waals surface area contributed by atoms with Crippen LogP contribution in [0.4, 0.5) is 11.4 Å². The second kappa shape index (κ2) is 6.43. The normalized spacial score (nSPS) is 18.6. The zero-order valence-electron chi connectivity index (χ0n) is 10.5. The molecule has 2 rings (SSSR count). The van der Waals surface area contributed by atoms with E-state index in [0.717, 1.165) is 13.0 Å². The first-order valence-electron chi connectivity index (χ1n) is 6.24. The number of nitro benzene ring substituents is 1. The molecule has 1 N–H and O–H groups in total. The highest BCUT2D eigenvalue weighted by atomic mass is 32.2. The first-order chi connectivity index (χ1) is 9.20. The molecule has 5 nitrogen and oxygen atoms in total. The zero-order valence-corrected chi connectivity index (χ0v) is 11.3. The van der Waals surface area contributed by atoms with E-state index in [1.807, 2.05) is 17.8 Å². The first kappa shape index (κ1) is 13.7. The summed E-state index contributed by atoms with van der Waals surface area (Å²) >= 11 is 1.92. The molecule has 1 atom stereocenters. The Kier molecular flexibility index (Phi) is 4.63. The third-order valence-corrected chi connectivity index (χ3v) is 4.52. The summed E-state index contributed by atoms with van der Waals surface area (Å²) in [5, 5.41) is 23.4. The number of benzene rings is 1. The number of hydrogen-bond donors (Lipinski definition) is 1. The van der Waals surface area contributed by atoms with Gasteiger partial charge in [-0.15, -0.1) is 0 Å². The lowest BCUT2D eigenvalue weighted by Gasteiger charge is -2.21. The topological polar surface area (TPSA) is 79.0 Å². The number of nitriles is 1. The van der Waals surface area contributed by atoms with E-state index in [2.05, 4.69) is 5.32 Å². The lowest BCUT2D eigenvalue weighted by atomic mass is 10.1. The van der Waals surface area contributed by atoms with Crippen LogP contribution in [-0.4, -0.2) is 22.5 Å². The number of anilines is 1. The molecule has 0 bridgehead atoms. The smallest absolute Gasteiger partial charge is 0.293 e. The quantitative estimate of drug-likeness (QED) is 0.675. The van der Waals surface area contributed by atoms with Crippen molar-refractivity contribution in [2.75, 3.05) is 17.6 Å². The van der Waals surface area contributed by atoms with Gasteiger partial charge < -0.3 is 5.32 Å². The third kappa shape index (κ3) is 3.61. The molecule has 100 valence electrons. The van der Waals surface area contributed by atoms with Gasteiger partial charge in [-0.1, -0.05) is 6.42 Å². The SMILES string of the molecule is N#Cc1ccc(NCC2CCCCS2)c([N+](=O)[O-])c1. The van der Waals surface area contributed by atoms with Crippen LogP contribution in [0.3, 0.4) is 0 Å². The molecular formula is C13H15N3O2S. The van der Waals surface area contributed by atoms with Gasteiger partial charge >= 0.3 is 0 Å². The summed E-state index contributed by atoms with van der Waals surface area (Å²) in [7, 11) is 0. The Labute approximate surface area is 116 Å². The molecule has 0 spiro atoms. The molecule has 19 heavy (non-hydrogen) atoms. The van der Waals surface area contributed by atoms with E-state index >= 15 is 0 Å². The standard InChI is InChI=1S/C13H15N3O2S/c14-8-10-4-5-12(13(7-10)16(17)18)15-9-11-3-1-2-6-19-11/h4-5,7,11,15H,1-3,6,9H2. The maximum absolute atomic E-state index is 11.0. The van der Waals surface area contributed by atoms with E-state index in [0.29, 0.717) is 16.5 Å². The fourth-order valence-electron chi connectivity index (χ4n) is 2.09. The predicted molar refractivity (Wildman–Crippen MR) is 76.4 cm³/mol. The second-order valence-electron chi connectivity index (χ2n) is 4.47. The Morgan fingerprint density at radius 2 is 2.37 bits per heavy atom. The van der Waals surface area contributed by atoms with Crippen LogP contribution in [0.2, 0.25) is 0 Å². The van der Waals surface area contributed by atoms with Gasteiger partial charge in [0.05, 0.1) is 16.6 Å². The van der Waals surface area contributed by atoms with Crippen molar-refractivity contribution in [2.24, 2.45) is 0 Å². The van der Waals surface area contributed by atoms with Crippen molar-refractivity contribution in [1.29, 1.82) is 5.26 Å². The molecule has 0 aromatic heterocycles. The molecule has 1 saturated heterocycles. The molecule has 0 amide bonds. The van der Waals surface area contributed by atoms with Gasteiger partial charge in [0.2, 0.25) is 0 Å². The first-order valence-corrected chi connectivity index (χ1v) is 7.29. The summed E-state index contributed by atoms with van der Waals surface area (Å²) in [5.74, 6) is 1.17. The van der Waals surface area contributed by atoms with Crippen molar-refractivity contribution >= 4 is 23.1 Å². The summed E-state index contributed by atoms with van der Waals surface area (Å²) in [6.45, 7) is 0.734. The number of nitrogens with zero attached hydrogens (tertiary/aromatic N) is 2. The summed E-state index contributed by atoms with van der Waals surface area (Å²) in [4.78, 5) is 10.5. The van der Waals surface area contributed by atoms with Gasteiger partial charge in [0, 0.05) is 17.9 Å². The van der Waals surface area contributed by atoms with E-state index in [1.54, 1.807) is 12.1 Å². The second-order valence-corrected chi connectivity index (χ2v) is 5.88. The van der Waals surface area contributed by atoms with Crippen LogP contribution in [0.15, 0.2) is 18.2 Å². The van der Waals surface area contributed by atoms with E-state index in [4.69, 9.17) is 5.26 Å². The van der Waals surface area contributed by atoms with Gasteiger partial charge in [0.1, 0.15) is 5.69 Å². The van der Waals surface area contributed by atoms with Crippen molar-refractivity contribution in [3.8, 4) is 6.07 Å². The van der Waals surface area contributed by atoms with E-state index in [1.165, 1.54) is 24.7 Å². The lowest BCUT2D eigenvalue weighted by molar-refractivity contribution is -0.384. The molecular weight excluding hydrogens is 262 g/mol. The van der Waals surface area contributed by atoms with Crippen molar-refractivity contribution < 1.29 is 4.92 Å².